The highest BCUT2D eigenvalue weighted by Crippen LogP contribution is 2.16. The minimum Gasteiger partial charge on any atom is -0.471 e. The molecular formula is C17H19NO3S. The summed E-state index contributed by atoms with van der Waals surface area (Å²) in [6, 6.07) is 15.7. The molecule has 0 saturated heterocycles. The van der Waals surface area contributed by atoms with E-state index in [1.165, 1.54) is 0 Å². The zero-order valence-corrected chi connectivity index (χ0v) is 13.4. The van der Waals surface area contributed by atoms with Crippen LogP contribution in [0.4, 0.5) is 0 Å². The SMILES string of the molecule is C=C(C)[C@@H](NS(=O)(=O)c1ccc(C)cc1)Oc1ccccc1. The van der Waals surface area contributed by atoms with Crippen LogP contribution < -0.4 is 9.46 Å². The second kappa shape index (κ2) is 6.77. The predicted octanol–water partition coefficient (Wildman–Crippen LogP) is 3.25. The van der Waals surface area contributed by atoms with Crippen LogP contribution in [-0.4, -0.2) is 14.6 Å². The Kier molecular flexibility index (Phi) is 5.00. The molecule has 0 fully saturated rings. The molecule has 2 rings (SSSR count). The number of sulfonamides is 1. The van der Waals surface area contributed by atoms with Gasteiger partial charge in [0.25, 0.3) is 0 Å². The number of benzene rings is 2. The molecule has 0 aromatic heterocycles. The molecule has 0 spiro atoms. The number of para-hydroxylation sites is 1. The molecule has 0 aliphatic carbocycles. The average Bonchev–Trinajstić information content (AvgIpc) is 2.48. The van der Waals surface area contributed by atoms with Gasteiger partial charge in [-0.15, -0.1) is 0 Å². The van der Waals surface area contributed by atoms with E-state index in [-0.39, 0.29) is 4.90 Å². The topological polar surface area (TPSA) is 55.4 Å². The Bertz CT molecular complexity index is 737. The van der Waals surface area contributed by atoms with Crippen LogP contribution in [0.15, 0.2) is 71.6 Å². The normalized spacial score (nSPS) is 12.6. The highest BCUT2D eigenvalue weighted by molar-refractivity contribution is 7.89. The van der Waals surface area contributed by atoms with Crippen molar-refractivity contribution in [3.8, 4) is 5.75 Å². The van der Waals surface area contributed by atoms with Gasteiger partial charge in [-0.2, -0.15) is 4.72 Å². The molecule has 0 unspecified atom stereocenters. The van der Waals surface area contributed by atoms with Crippen LogP contribution >= 0.6 is 0 Å². The summed E-state index contributed by atoms with van der Waals surface area (Å²) in [6.07, 6.45) is -0.825. The molecule has 0 heterocycles. The molecule has 0 saturated carbocycles. The highest BCUT2D eigenvalue weighted by atomic mass is 32.2. The molecule has 4 nitrogen and oxygen atoms in total. The third-order valence-corrected chi connectivity index (χ3v) is 4.46. The van der Waals surface area contributed by atoms with Crippen molar-refractivity contribution in [3.05, 3.63) is 72.3 Å². The summed E-state index contributed by atoms with van der Waals surface area (Å²) in [5, 5.41) is 0. The van der Waals surface area contributed by atoms with Gasteiger partial charge >= 0.3 is 0 Å². The van der Waals surface area contributed by atoms with E-state index in [9.17, 15) is 8.42 Å². The van der Waals surface area contributed by atoms with Gasteiger partial charge in [0.15, 0.2) is 6.23 Å². The van der Waals surface area contributed by atoms with E-state index < -0.39 is 16.3 Å². The Hall–Kier alpha value is -2.11. The fourth-order valence-electron chi connectivity index (χ4n) is 1.79. The monoisotopic (exact) mass is 317 g/mol. The first-order valence-corrected chi connectivity index (χ1v) is 8.33. The van der Waals surface area contributed by atoms with Crippen molar-refractivity contribution >= 4 is 10.0 Å². The van der Waals surface area contributed by atoms with Gasteiger partial charge in [-0.3, -0.25) is 0 Å². The lowest BCUT2D eigenvalue weighted by Gasteiger charge is -2.20. The minimum atomic E-state index is -3.68. The molecule has 2 aromatic carbocycles. The molecule has 1 atom stereocenters. The first kappa shape index (κ1) is 16.3. The van der Waals surface area contributed by atoms with Crippen LogP contribution in [0.25, 0.3) is 0 Å². The zero-order valence-electron chi connectivity index (χ0n) is 12.6. The minimum absolute atomic E-state index is 0.195. The summed E-state index contributed by atoms with van der Waals surface area (Å²) in [5.74, 6) is 0.571. The molecule has 116 valence electrons. The van der Waals surface area contributed by atoms with Crippen molar-refractivity contribution in [3.63, 3.8) is 0 Å². The Morgan fingerprint density at radius 3 is 2.23 bits per heavy atom. The van der Waals surface area contributed by atoms with Crippen LogP contribution in [0, 0.1) is 6.92 Å². The van der Waals surface area contributed by atoms with Crippen molar-refractivity contribution in [2.75, 3.05) is 0 Å². The van der Waals surface area contributed by atoms with Crippen LogP contribution in [0.1, 0.15) is 12.5 Å². The fraction of sp³-hybridized carbons (Fsp3) is 0.176. The van der Waals surface area contributed by atoms with Gasteiger partial charge in [-0.05, 0) is 43.7 Å². The second-order valence-corrected chi connectivity index (χ2v) is 6.81. The maximum absolute atomic E-state index is 12.4. The van der Waals surface area contributed by atoms with E-state index in [0.717, 1.165) is 5.56 Å². The summed E-state index contributed by atoms with van der Waals surface area (Å²) >= 11 is 0. The molecule has 0 radical (unpaired) electrons. The number of hydrogen-bond donors (Lipinski definition) is 1. The fourth-order valence-corrected chi connectivity index (χ4v) is 2.95. The third-order valence-electron chi connectivity index (χ3n) is 3.04. The zero-order chi connectivity index (χ0) is 16.2. The number of aryl methyl sites for hydroxylation is 1. The second-order valence-electron chi connectivity index (χ2n) is 5.09. The first-order valence-electron chi connectivity index (χ1n) is 6.84. The maximum Gasteiger partial charge on any atom is 0.243 e. The highest BCUT2D eigenvalue weighted by Gasteiger charge is 2.21. The molecule has 1 N–H and O–H groups in total. The molecule has 22 heavy (non-hydrogen) atoms. The summed E-state index contributed by atoms with van der Waals surface area (Å²) in [6.45, 7) is 7.41. The van der Waals surface area contributed by atoms with E-state index in [4.69, 9.17) is 4.74 Å². The van der Waals surface area contributed by atoms with Gasteiger partial charge in [-0.25, -0.2) is 8.42 Å². The van der Waals surface area contributed by atoms with Gasteiger partial charge in [-0.1, -0.05) is 42.5 Å². The van der Waals surface area contributed by atoms with Gasteiger partial charge in [0.2, 0.25) is 10.0 Å². The average molecular weight is 317 g/mol. The van der Waals surface area contributed by atoms with Crippen molar-refractivity contribution in [1.82, 2.24) is 4.72 Å². The van der Waals surface area contributed by atoms with Crippen molar-refractivity contribution < 1.29 is 13.2 Å². The quantitative estimate of drug-likeness (QED) is 0.657. The Balaban J connectivity index is 2.20. The molecule has 0 bridgehead atoms. The summed E-state index contributed by atoms with van der Waals surface area (Å²) in [4.78, 5) is 0.195. The lowest BCUT2D eigenvalue weighted by molar-refractivity contribution is 0.226. The smallest absolute Gasteiger partial charge is 0.243 e. The molecule has 0 aliphatic heterocycles. The van der Waals surface area contributed by atoms with Crippen molar-refractivity contribution in [2.45, 2.75) is 25.0 Å². The molecule has 0 aliphatic rings. The number of ether oxygens (including phenoxy) is 1. The first-order chi connectivity index (χ1) is 10.4. The van der Waals surface area contributed by atoms with Crippen LogP contribution in [0.3, 0.4) is 0 Å². The Labute approximate surface area is 131 Å². The van der Waals surface area contributed by atoms with Gasteiger partial charge in [0.1, 0.15) is 5.75 Å². The lowest BCUT2D eigenvalue weighted by Crippen LogP contribution is -2.39. The van der Waals surface area contributed by atoms with Crippen LogP contribution in [-0.2, 0) is 10.0 Å². The standard InChI is InChI=1S/C17H19NO3S/c1-13(2)17(21-15-7-5-4-6-8-15)18-22(19,20)16-11-9-14(3)10-12-16/h4-12,17-18H,1H2,2-3H3/t17-/m0/s1. The van der Waals surface area contributed by atoms with Crippen LogP contribution in [0.5, 0.6) is 5.75 Å². The van der Waals surface area contributed by atoms with E-state index in [1.807, 2.05) is 25.1 Å². The number of rotatable bonds is 6. The van der Waals surface area contributed by atoms with E-state index in [1.54, 1.807) is 43.3 Å². The molecule has 2 aromatic rings. The summed E-state index contributed by atoms with van der Waals surface area (Å²) in [5.41, 5.74) is 1.57. The Morgan fingerprint density at radius 1 is 1.09 bits per heavy atom. The molecular weight excluding hydrogens is 298 g/mol. The molecule has 5 heteroatoms. The Morgan fingerprint density at radius 2 is 1.68 bits per heavy atom. The van der Waals surface area contributed by atoms with Gasteiger partial charge < -0.3 is 4.74 Å². The lowest BCUT2D eigenvalue weighted by atomic mass is 10.2. The third kappa shape index (κ3) is 4.19. The maximum atomic E-state index is 12.4. The van der Waals surface area contributed by atoms with E-state index >= 15 is 0 Å². The van der Waals surface area contributed by atoms with E-state index in [0.29, 0.717) is 11.3 Å². The summed E-state index contributed by atoms with van der Waals surface area (Å²) in [7, 11) is -3.68. The molecule has 0 amide bonds. The van der Waals surface area contributed by atoms with Crippen molar-refractivity contribution in [1.29, 1.82) is 0 Å². The van der Waals surface area contributed by atoms with Crippen LogP contribution in [0.2, 0.25) is 0 Å². The number of nitrogens with one attached hydrogen (secondary N) is 1. The predicted molar refractivity (Wildman–Crippen MR) is 87.2 cm³/mol. The summed E-state index contributed by atoms with van der Waals surface area (Å²) < 4.78 is 33.0. The largest absolute Gasteiger partial charge is 0.471 e. The van der Waals surface area contributed by atoms with Gasteiger partial charge in [0.05, 0.1) is 4.90 Å². The number of hydrogen-bond acceptors (Lipinski definition) is 3. The van der Waals surface area contributed by atoms with Crippen molar-refractivity contribution in [2.24, 2.45) is 0 Å². The van der Waals surface area contributed by atoms with E-state index in [2.05, 4.69) is 11.3 Å². The van der Waals surface area contributed by atoms with Gasteiger partial charge in [0, 0.05) is 0 Å².